The third kappa shape index (κ3) is 3.56. The molecule has 0 spiro atoms. The Morgan fingerprint density at radius 2 is 2.19 bits per heavy atom. The lowest BCUT2D eigenvalue weighted by molar-refractivity contribution is -0.111. The predicted molar refractivity (Wildman–Crippen MR) is 86.3 cm³/mol. The second-order valence-corrected chi connectivity index (χ2v) is 6.19. The average Bonchev–Trinajstić information content (AvgIpc) is 2.87. The highest BCUT2D eigenvalue weighted by Crippen LogP contribution is 2.27. The van der Waals surface area contributed by atoms with E-state index in [1.807, 2.05) is 30.3 Å². The topological polar surface area (TPSA) is 45.2 Å². The number of carbonyl (C=O) groups is 1. The standard InChI is InChI=1S/C16H17N3OS/c1-19-10-9-13-14(11-19)21-16(17-13)18-15(20)8-7-12-5-3-2-4-6-12/h2-8H,9-11H2,1H3,(H,17,18,20)/b8-7+. The first kappa shape index (κ1) is 14.0. The Bertz CT molecular complexity index is 663. The quantitative estimate of drug-likeness (QED) is 0.886. The van der Waals surface area contributed by atoms with Gasteiger partial charge in [-0.2, -0.15) is 0 Å². The smallest absolute Gasteiger partial charge is 0.250 e. The van der Waals surface area contributed by atoms with Crippen molar-refractivity contribution in [2.24, 2.45) is 0 Å². The van der Waals surface area contributed by atoms with Crippen LogP contribution in [0.5, 0.6) is 0 Å². The summed E-state index contributed by atoms with van der Waals surface area (Å²) in [5, 5.41) is 3.54. The van der Waals surface area contributed by atoms with Crippen LogP contribution in [-0.4, -0.2) is 29.4 Å². The summed E-state index contributed by atoms with van der Waals surface area (Å²) in [7, 11) is 2.10. The van der Waals surface area contributed by atoms with Crippen molar-refractivity contribution in [3.63, 3.8) is 0 Å². The van der Waals surface area contributed by atoms with E-state index in [1.165, 1.54) is 4.88 Å². The number of likely N-dealkylation sites (N-methyl/N-ethyl adjacent to an activating group) is 1. The highest BCUT2D eigenvalue weighted by Gasteiger charge is 2.18. The molecular formula is C16H17N3OS. The molecule has 3 rings (SSSR count). The molecule has 0 saturated heterocycles. The molecule has 21 heavy (non-hydrogen) atoms. The van der Waals surface area contributed by atoms with Gasteiger partial charge in [-0.05, 0) is 18.7 Å². The van der Waals surface area contributed by atoms with E-state index < -0.39 is 0 Å². The van der Waals surface area contributed by atoms with Crippen molar-refractivity contribution >= 4 is 28.5 Å². The SMILES string of the molecule is CN1CCc2nc(NC(=O)/C=C/c3ccccc3)sc2C1. The molecule has 1 aromatic carbocycles. The van der Waals surface area contributed by atoms with E-state index >= 15 is 0 Å². The van der Waals surface area contributed by atoms with Crippen LogP contribution in [0.3, 0.4) is 0 Å². The Labute approximate surface area is 128 Å². The van der Waals surface area contributed by atoms with Gasteiger partial charge in [0, 0.05) is 30.5 Å². The van der Waals surface area contributed by atoms with E-state index in [0.717, 1.165) is 30.8 Å². The predicted octanol–water partition coefficient (Wildman–Crippen LogP) is 2.78. The molecule has 2 aromatic rings. The highest BCUT2D eigenvalue weighted by molar-refractivity contribution is 7.15. The Hall–Kier alpha value is -1.98. The van der Waals surface area contributed by atoms with Crippen LogP contribution in [0.15, 0.2) is 36.4 Å². The fourth-order valence-corrected chi connectivity index (χ4v) is 3.35. The summed E-state index contributed by atoms with van der Waals surface area (Å²) in [6.45, 7) is 1.95. The van der Waals surface area contributed by atoms with E-state index in [9.17, 15) is 4.79 Å². The summed E-state index contributed by atoms with van der Waals surface area (Å²) in [6.07, 6.45) is 4.30. The van der Waals surface area contributed by atoms with Crippen molar-refractivity contribution in [3.05, 3.63) is 52.5 Å². The van der Waals surface area contributed by atoms with Gasteiger partial charge in [0.1, 0.15) is 0 Å². The molecule has 1 amide bonds. The summed E-state index contributed by atoms with van der Waals surface area (Å²) < 4.78 is 0. The number of carbonyl (C=O) groups excluding carboxylic acids is 1. The zero-order valence-corrected chi connectivity index (χ0v) is 12.7. The molecule has 1 aliphatic heterocycles. The van der Waals surface area contributed by atoms with Crippen molar-refractivity contribution in [2.45, 2.75) is 13.0 Å². The molecule has 2 heterocycles. The number of aromatic nitrogens is 1. The van der Waals surface area contributed by atoms with Gasteiger partial charge in [-0.1, -0.05) is 30.3 Å². The molecule has 0 bridgehead atoms. The second kappa shape index (κ2) is 6.20. The van der Waals surface area contributed by atoms with E-state index in [4.69, 9.17) is 0 Å². The Balaban J connectivity index is 1.64. The molecule has 1 N–H and O–H groups in total. The number of fused-ring (bicyclic) bond motifs is 1. The van der Waals surface area contributed by atoms with Crippen LogP contribution in [0, 0.1) is 0 Å². The molecule has 1 aliphatic rings. The fraction of sp³-hybridized carbons (Fsp3) is 0.250. The van der Waals surface area contributed by atoms with E-state index in [2.05, 4.69) is 22.2 Å². The average molecular weight is 299 g/mol. The molecular weight excluding hydrogens is 282 g/mol. The molecule has 0 fully saturated rings. The third-order valence-corrected chi connectivity index (χ3v) is 4.38. The molecule has 4 nitrogen and oxygen atoms in total. The van der Waals surface area contributed by atoms with Crippen LogP contribution in [0.4, 0.5) is 5.13 Å². The number of rotatable bonds is 3. The van der Waals surface area contributed by atoms with Gasteiger partial charge in [0.2, 0.25) is 5.91 Å². The summed E-state index contributed by atoms with van der Waals surface area (Å²) in [4.78, 5) is 19.9. The Morgan fingerprint density at radius 1 is 1.38 bits per heavy atom. The highest BCUT2D eigenvalue weighted by atomic mass is 32.1. The number of nitrogens with one attached hydrogen (secondary N) is 1. The van der Waals surface area contributed by atoms with E-state index in [0.29, 0.717) is 5.13 Å². The first-order valence-corrected chi connectivity index (χ1v) is 7.73. The number of hydrogen-bond acceptors (Lipinski definition) is 4. The van der Waals surface area contributed by atoms with E-state index in [-0.39, 0.29) is 5.91 Å². The van der Waals surface area contributed by atoms with Gasteiger partial charge in [-0.15, -0.1) is 11.3 Å². The van der Waals surface area contributed by atoms with Gasteiger partial charge < -0.3 is 4.90 Å². The zero-order chi connectivity index (χ0) is 14.7. The van der Waals surface area contributed by atoms with Crippen LogP contribution in [0.2, 0.25) is 0 Å². The molecule has 0 radical (unpaired) electrons. The first-order valence-electron chi connectivity index (χ1n) is 6.92. The normalized spacial score (nSPS) is 15.1. The number of nitrogens with zero attached hydrogens (tertiary/aromatic N) is 2. The number of amides is 1. The van der Waals surface area contributed by atoms with Crippen LogP contribution >= 0.6 is 11.3 Å². The number of thiazole rings is 1. The lowest BCUT2D eigenvalue weighted by Crippen LogP contribution is -2.25. The van der Waals surface area contributed by atoms with Crippen LogP contribution in [0.25, 0.3) is 6.08 Å². The molecule has 0 aliphatic carbocycles. The van der Waals surface area contributed by atoms with Crippen molar-refractivity contribution in [3.8, 4) is 0 Å². The minimum Gasteiger partial charge on any atom is -0.301 e. The van der Waals surface area contributed by atoms with Crippen molar-refractivity contribution in [2.75, 3.05) is 18.9 Å². The fourth-order valence-electron chi connectivity index (χ4n) is 2.26. The van der Waals surface area contributed by atoms with Gasteiger partial charge in [0.25, 0.3) is 0 Å². The number of hydrogen-bond donors (Lipinski definition) is 1. The van der Waals surface area contributed by atoms with Gasteiger partial charge in [-0.25, -0.2) is 4.98 Å². The molecule has 5 heteroatoms. The third-order valence-electron chi connectivity index (χ3n) is 3.38. The molecule has 108 valence electrons. The van der Waals surface area contributed by atoms with Gasteiger partial charge in [-0.3, -0.25) is 10.1 Å². The maximum absolute atomic E-state index is 11.9. The Morgan fingerprint density at radius 3 is 3.00 bits per heavy atom. The summed E-state index contributed by atoms with van der Waals surface area (Å²) in [5.74, 6) is -0.140. The molecule has 0 unspecified atom stereocenters. The van der Waals surface area contributed by atoms with Crippen molar-refractivity contribution in [1.29, 1.82) is 0 Å². The van der Waals surface area contributed by atoms with Crippen molar-refractivity contribution in [1.82, 2.24) is 9.88 Å². The zero-order valence-electron chi connectivity index (χ0n) is 11.9. The largest absolute Gasteiger partial charge is 0.301 e. The summed E-state index contributed by atoms with van der Waals surface area (Å²) in [5.41, 5.74) is 2.13. The Kier molecular flexibility index (Phi) is 4.13. The molecule has 1 aromatic heterocycles. The maximum atomic E-state index is 11.9. The minimum absolute atomic E-state index is 0.140. The molecule has 0 saturated carbocycles. The van der Waals surface area contributed by atoms with Crippen molar-refractivity contribution < 1.29 is 4.79 Å². The van der Waals surface area contributed by atoms with Gasteiger partial charge in [0.05, 0.1) is 5.69 Å². The van der Waals surface area contributed by atoms with Crippen LogP contribution in [0.1, 0.15) is 16.1 Å². The minimum atomic E-state index is -0.140. The van der Waals surface area contributed by atoms with Gasteiger partial charge in [0.15, 0.2) is 5.13 Å². The number of anilines is 1. The lowest BCUT2D eigenvalue weighted by atomic mass is 10.2. The maximum Gasteiger partial charge on any atom is 0.250 e. The van der Waals surface area contributed by atoms with Crippen LogP contribution < -0.4 is 5.32 Å². The second-order valence-electron chi connectivity index (χ2n) is 5.11. The summed E-state index contributed by atoms with van der Waals surface area (Å²) in [6, 6.07) is 9.77. The lowest BCUT2D eigenvalue weighted by Gasteiger charge is -2.20. The first-order chi connectivity index (χ1) is 10.2. The summed E-state index contributed by atoms with van der Waals surface area (Å²) >= 11 is 1.57. The van der Waals surface area contributed by atoms with Gasteiger partial charge >= 0.3 is 0 Å². The number of benzene rings is 1. The van der Waals surface area contributed by atoms with Crippen LogP contribution in [-0.2, 0) is 17.8 Å². The van der Waals surface area contributed by atoms with E-state index in [1.54, 1.807) is 23.5 Å². The monoisotopic (exact) mass is 299 g/mol. The molecule has 0 atom stereocenters.